The van der Waals surface area contributed by atoms with Crippen molar-refractivity contribution in [3.8, 4) is 0 Å². The largest absolute Gasteiger partial charge is 0.387 e. The fourth-order valence-electron chi connectivity index (χ4n) is 6.03. The second-order valence-electron chi connectivity index (χ2n) is 11.4. The van der Waals surface area contributed by atoms with Gasteiger partial charge in [0.1, 0.15) is 12.3 Å². The Hall–Kier alpha value is -2.93. The van der Waals surface area contributed by atoms with Gasteiger partial charge in [-0.05, 0) is 75.5 Å². The predicted octanol–water partition coefficient (Wildman–Crippen LogP) is 5.45. The lowest BCUT2D eigenvalue weighted by Gasteiger charge is -2.36. The minimum atomic E-state index is -0.441. The van der Waals surface area contributed by atoms with E-state index in [0.29, 0.717) is 32.7 Å². The van der Waals surface area contributed by atoms with Gasteiger partial charge in [-0.1, -0.05) is 57.9 Å². The molecule has 0 radical (unpaired) electrons. The number of carbonyl (C=O) groups is 2. The van der Waals surface area contributed by atoms with E-state index in [4.69, 9.17) is 5.11 Å². The van der Waals surface area contributed by atoms with E-state index in [1.165, 1.54) is 48.8 Å². The Kier molecular flexibility index (Phi) is 12.0. The lowest BCUT2D eigenvalue weighted by Crippen LogP contribution is -2.48. The van der Waals surface area contributed by atoms with E-state index >= 15 is 0 Å². The Morgan fingerprint density at radius 1 is 1.02 bits per heavy atom. The zero-order valence-electron chi connectivity index (χ0n) is 25.5. The molecule has 1 aliphatic heterocycles. The Balaban J connectivity index is 0.000000241. The number of aryl methyl sites for hydroxylation is 1. The van der Waals surface area contributed by atoms with Crippen LogP contribution in [0.2, 0.25) is 0 Å². The van der Waals surface area contributed by atoms with Crippen LogP contribution in [0.5, 0.6) is 0 Å². The van der Waals surface area contributed by atoms with Crippen LogP contribution in [0, 0.1) is 13.8 Å². The molecule has 0 saturated carbocycles. The average molecular weight is 551 g/mol. The molecule has 7 heteroatoms. The zero-order chi connectivity index (χ0) is 29.2. The summed E-state index contributed by atoms with van der Waals surface area (Å²) < 4.78 is 1.83. The number of ketones is 1. The molecule has 4 rings (SSSR count). The van der Waals surface area contributed by atoms with E-state index in [-0.39, 0.29) is 11.7 Å². The number of carbonyl (C=O) groups excluding carboxylic acids is 2. The molecular weight excluding hydrogens is 500 g/mol. The molecule has 1 unspecified atom stereocenters. The van der Waals surface area contributed by atoms with E-state index in [9.17, 15) is 9.59 Å². The lowest BCUT2D eigenvalue weighted by atomic mass is 9.86. The topological polar surface area (TPSA) is 78.7 Å². The van der Waals surface area contributed by atoms with Gasteiger partial charge in [0.05, 0.1) is 12.2 Å². The first-order valence-corrected chi connectivity index (χ1v) is 15.2. The molecule has 1 amide bonds. The molecule has 0 spiro atoms. The van der Waals surface area contributed by atoms with Crippen molar-refractivity contribution in [3.05, 3.63) is 58.4 Å². The predicted molar refractivity (Wildman–Crippen MR) is 162 cm³/mol. The number of hydrogen-bond acceptors (Lipinski definition) is 5. The maximum atomic E-state index is 11.6. The minimum absolute atomic E-state index is 0.0977. The SMILES string of the molecule is C=C(c1nn(CC(C)=O)c2c1CCC2)N1CCN(C(=O)CO)CC1.CCCCC(CCC)c1cccc(C)c1C. The van der Waals surface area contributed by atoms with Crippen LogP contribution in [0.3, 0.4) is 0 Å². The van der Waals surface area contributed by atoms with Gasteiger partial charge < -0.3 is 14.9 Å². The first-order chi connectivity index (χ1) is 19.2. The van der Waals surface area contributed by atoms with Gasteiger partial charge >= 0.3 is 0 Å². The third-order valence-electron chi connectivity index (χ3n) is 8.43. The number of nitrogens with zero attached hydrogens (tertiary/aromatic N) is 4. The van der Waals surface area contributed by atoms with Crippen LogP contribution >= 0.6 is 0 Å². The maximum Gasteiger partial charge on any atom is 0.248 e. The summed E-state index contributed by atoms with van der Waals surface area (Å²) in [5.74, 6) is 0.650. The third kappa shape index (κ3) is 7.84. The first kappa shape index (κ1) is 31.6. The molecule has 1 aliphatic carbocycles. The van der Waals surface area contributed by atoms with Crippen LogP contribution in [0.4, 0.5) is 0 Å². The second kappa shape index (κ2) is 15.2. The van der Waals surface area contributed by atoms with Gasteiger partial charge in [0, 0.05) is 37.4 Å². The van der Waals surface area contributed by atoms with Gasteiger partial charge in [-0.25, -0.2) is 0 Å². The van der Waals surface area contributed by atoms with Crippen molar-refractivity contribution in [2.45, 2.75) is 98.4 Å². The molecule has 1 fully saturated rings. The van der Waals surface area contributed by atoms with Gasteiger partial charge in [-0.3, -0.25) is 14.3 Å². The number of hydrogen-bond donors (Lipinski definition) is 1. The molecule has 2 aliphatic rings. The number of fused-ring (bicyclic) bond motifs is 1. The number of benzene rings is 1. The number of aromatic nitrogens is 2. The molecule has 0 bridgehead atoms. The van der Waals surface area contributed by atoms with Crippen molar-refractivity contribution in [3.63, 3.8) is 0 Å². The molecule has 1 aromatic heterocycles. The summed E-state index contributed by atoms with van der Waals surface area (Å²) in [5, 5.41) is 13.6. The molecule has 220 valence electrons. The summed E-state index contributed by atoms with van der Waals surface area (Å²) in [4.78, 5) is 26.8. The number of piperazine rings is 1. The van der Waals surface area contributed by atoms with Crippen molar-refractivity contribution < 1.29 is 14.7 Å². The molecule has 7 nitrogen and oxygen atoms in total. The Labute approximate surface area is 241 Å². The lowest BCUT2D eigenvalue weighted by molar-refractivity contribution is -0.135. The number of rotatable bonds is 11. The fourth-order valence-corrected chi connectivity index (χ4v) is 6.03. The van der Waals surface area contributed by atoms with Crippen molar-refractivity contribution in [2.75, 3.05) is 32.8 Å². The monoisotopic (exact) mass is 550 g/mol. The Bertz CT molecular complexity index is 1160. The van der Waals surface area contributed by atoms with Crippen LogP contribution in [0.25, 0.3) is 5.70 Å². The second-order valence-corrected chi connectivity index (χ2v) is 11.4. The highest BCUT2D eigenvalue weighted by atomic mass is 16.3. The van der Waals surface area contributed by atoms with Crippen molar-refractivity contribution in [1.82, 2.24) is 19.6 Å². The molecule has 1 saturated heterocycles. The van der Waals surface area contributed by atoms with Gasteiger partial charge in [0.25, 0.3) is 0 Å². The normalized spacial score (nSPS) is 15.3. The van der Waals surface area contributed by atoms with E-state index in [1.807, 2.05) is 4.68 Å². The molecular formula is C33H50N4O3. The number of Topliss-reactive ketones (excluding diaryl/α,β-unsaturated/α-hetero) is 1. The molecule has 1 N–H and O–H groups in total. The molecule has 40 heavy (non-hydrogen) atoms. The van der Waals surface area contributed by atoms with Crippen LogP contribution in [-0.2, 0) is 29.0 Å². The van der Waals surface area contributed by atoms with Crippen LogP contribution in [0.1, 0.15) is 98.9 Å². The summed E-state index contributed by atoms with van der Waals surface area (Å²) in [6.45, 7) is 17.3. The smallest absolute Gasteiger partial charge is 0.248 e. The number of aliphatic hydroxyl groups is 1. The van der Waals surface area contributed by atoms with Gasteiger partial charge in [-0.15, -0.1) is 0 Å². The minimum Gasteiger partial charge on any atom is -0.387 e. The molecule has 2 aromatic rings. The van der Waals surface area contributed by atoms with E-state index < -0.39 is 6.61 Å². The summed E-state index contributed by atoms with van der Waals surface area (Å²) in [6.07, 6.45) is 9.68. The highest BCUT2D eigenvalue weighted by molar-refractivity contribution is 5.77. The Morgan fingerprint density at radius 2 is 1.73 bits per heavy atom. The average Bonchev–Trinajstić information content (AvgIpc) is 3.56. The number of aliphatic hydroxyl groups excluding tert-OH is 1. The van der Waals surface area contributed by atoms with E-state index in [0.717, 1.165) is 42.3 Å². The van der Waals surface area contributed by atoms with Crippen LogP contribution < -0.4 is 0 Å². The highest BCUT2D eigenvalue weighted by Gasteiger charge is 2.28. The standard InChI is InChI=1S/C17H24N4O3.C16H26/c1-12(23)10-21-15-5-3-4-14(15)17(18-21)13(2)19-6-8-20(9-7-19)16(24)11-22;1-5-7-11-15(9-6-2)16-12-8-10-13(3)14(16)4/h22H,2-11H2,1H3;8,10,12,15H,5-7,9,11H2,1-4H3. The van der Waals surface area contributed by atoms with E-state index in [1.54, 1.807) is 17.4 Å². The number of amides is 1. The molecule has 1 atom stereocenters. The van der Waals surface area contributed by atoms with Gasteiger partial charge in [0.2, 0.25) is 5.91 Å². The Morgan fingerprint density at radius 3 is 2.35 bits per heavy atom. The summed E-state index contributed by atoms with van der Waals surface area (Å²) in [5.41, 5.74) is 8.69. The van der Waals surface area contributed by atoms with Crippen LogP contribution in [0.15, 0.2) is 24.8 Å². The quantitative estimate of drug-likeness (QED) is 0.403. The summed E-state index contributed by atoms with van der Waals surface area (Å²) in [6, 6.07) is 6.77. The summed E-state index contributed by atoms with van der Waals surface area (Å²) >= 11 is 0. The van der Waals surface area contributed by atoms with Crippen molar-refractivity contribution in [1.29, 1.82) is 0 Å². The van der Waals surface area contributed by atoms with Crippen LogP contribution in [-0.4, -0.2) is 69.2 Å². The van der Waals surface area contributed by atoms with Gasteiger partial charge in [0.15, 0.2) is 5.78 Å². The van der Waals surface area contributed by atoms with Crippen molar-refractivity contribution >= 4 is 17.4 Å². The fraction of sp³-hybridized carbons (Fsp3) is 0.606. The maximum absolute atomic E-state index is 11.6. The molecule has 2 heterocycles. The van der Waals surface area contributed by atoms with Gasteiger partial charge in [-0.2, -0.15) is 5.10 Å². The highest BCUT2D eigenvalue weighted by Crippen LogP contribution is 2.32. The zero-order valence-corrected chi connectivity index (χ0v) is 25.5. The molecule has 1 aromatic carbocycles. The first-order valence-electron chi connectivity index (χ1n) is 15.2. The summed E-state index contributed by atoms with van der Waals surface area (Å²) in [7, 11) is 0. The van der Waals surface area contributed by atoms with Crippen molar-refractivity contribution in [2.24, 2.45) is 0 Å². The third-order valence-corrected chi connectivity index (χ3v) is 8.43. The number of unbranched alkanes of at least 4 members (excludes halogenated alkanes) is 1. The van der Waals surface area contributed by atoms with E-state index in [2.05, 4.69) is 62.5 Å².